The second kappa shape index (κ2) is 12.5. The summed E-state index contributed by atoms with van der Waals surface area (Å²) in [7, 11) is 1.74. The van der Waals surface area contributed by atoms with E-state index >= 15 is 0 Å². The lowest BCUT2D eigenvalue weighted by Gasteiger charge is -2.35. The summed E-state index contributed by atoms with van der Waals surface area (Å²) < 4.78 is 16.5. The summed E-state index contributed by atoms with van der Waals surface area (Å²) in [5.41, 5.74) is 0. The van der Waals surface area contributed by atoms with Crippen LogP contribution in [0.5, 0.6) is 0 Å². The van der Waals surface area contributed by atoms with Crippen LogP contribution in [0.1, 0.15) is 33.1 Å². The number of methoxy groups -OCH3 is 1. The minimum Gasteiger partial charge on any atom is -0.385 e. The number of ether oxygens (including phenoxy) is 3. The summed E-state index contributed by atoms with van der Waals surface area (Å²) in [6, 6.07) is 0.453. The van der Waals surface area contributed by atoms with E-state index in [9.17, 15) is 0 Å². The normalized spacial score (nSPS) is 21.8. The second-order valence-corrected chi connectivity index (χ2v) is 7.10. The predicted molar refractivity (Wildman–Crippen MR) is 105 cm³/mol. The van der Waals surface area contributed by atoms with E-state index < -0.39 is 0 Å². The van der Waals surface area contributed by atoms with Crippen LogP contribution in [0.25, 0.3) is 0 Å². The number of aliphatic imine (C=N–C) groups is 1. The van der Waals surface area contributed by atoms with E-state index in [0.717, 1.165) is 90.9 Å². The van der Waals surface area contributed by atoms with Gasteiger partial charge in [-0.05, 0) is 33.1 Å². The Balaban J connectivity index is 1.76. The number of morpholine rings is 1. The fraction of sp³-hybridized carbons (Fsp3) is 0.947. The Bertz CT molecular complexity index is 394. The highest BCUT2D eigenvalue weighted by Gasteiger charge is 2.22. The second-order valence-electron chi connectivity index (χ2n) is 7.10. The quantitative estimate of drug-likeness (QED) is 0.374. The van der Waals surface area contributed by atoms with Crippen LogP contribution >= 0.6 is 0 Å². The molecule has 2 aliphatic heterocycles. The van der Waals surface area contributed by atoms with Gasteiger partial charge in [0.05, 0.1) is 25.9 Å². The largest absolute Gasteiger partial charge is 0.385 e. The van der Waals surface area contributed by atoms with Crippen LogP contribution in [0, 0.1) is 0 Å². The van der Waals surface area contributed by atoms with Crippen LogP contribution in [0.2, 0.25) is 0 Å². The molecule has 1 atom stereocenters. The van der Waals surface area contributed by atoms with Gasteiger partial charge in [-0.2, -0.15) is 0 Å². The van der Waals surface area contributed by atoms with Crippen molar-refractivity contribution >= 4 is 5.96 Å². The highest BCUT2D eigenvalue weighted by Crippen LogP contribution is 2.14. The highest BCUT2D eigenvalue weighted by atomic mass is 16.5. The third kappa shape index (κ3) is 7.39. The molecule has 1 N–H and O–H groups in total. The van der Waals surface area contributed by atoms with Crippen LogP contribution < -0.4 is 5.32 Å². The van der Waals surface area contributed by atoms with Gasteiger partial charge in [-0.1, -0.05) is 0 Å². The van der Waals surface area contributed by atoms with Crippen LogP contribution in [0.4, 0.5) is 0 Å². The van der Waals surface area contributed by atoms with Gasteiger partial charge in [0.15, 0.2) is 5.96 Å². The van der Waals surface area contributed by atoms with Crippen molar-refractivity contribution in [2.75, 3.05) is 72.8 Å². The molecule has 1 unspecified atom stereocenters. The van der Waals surface area contributed by atoms with Crippen molar-refractivity contribution in [1.29, 1.82) is 0 Å². The molecule has 2 aliphatic rings. The molecule has 26 heavy (non-hydrogen) atoms. The van der Waals surface area contributed by atoms with Gasteiger partial charge in [0.25, 0.3) is 0 Å². The zero-order valence-electron chi connectivity index (χ0n) is 16.9. The zero-order valence-corrected chi connectivity index (χ0v) is 16.9. The summed E-state index contributed by atoms with van der Waals surface area (Å²) in [5.74, 6) is 1.05. The highest BCUT2D eigenvalue weighted by molar-refractivity contribution is 5.80. The maximum Gasteiger partial charge on any atom is 0.193 e. The molecule has 0 saturated carbocycles. The van der Waals surface area contributed by atoms with Gasteiger partial charge >= 0.3 is 0 Å². The Morgan fingerprint density at radius 3 is 2.58 bits per heavy atom. The molecule has 7 nitrogen and oxygen atoms in total. The van der Waals surface area contributed by atoms with Crippen LogP contribution in [-0.4, -0.2) is 101 Å². The lowest BCUT2D eigenvalue weighted by atomic mass is 10.1. The van der Waals surface area contributed by atoms with E-state index in [1.165, 1.54) is 0 Å². The molecule has 2 rings (SSSR count). The first-order valence-corrected chi connectivity index (χ1v) is 10.2. The smallest absolute Gasteiger partial charge is 0.193 e. The lowest BCUT2D eigenvalue weighted by molar-refractivity contribution is 0.00977. The van der Waals surface area contributed by atoms with Crippen molar-refractivity contribution in [3.05, 3.63) is 0 Å². The first kappa shape index (κ1) is 21.4. The summed E-state index contributed by atoms with van der Waals surface area (Å²) in [6.07, 6.45) is 3.48. The van der Waals surface area contributed by atoms with Crippen molar-refractivity contribution in [2.24, 2.45) is 4.99 Å². The fourth-order valence-electron chi connectivity index (χ4n) is 3.47. The topological polar surface area (TPSA) is 58.6 Å². The maximum absolute atomic E-state index is 5.97. The van der Waals surface area contributed by atoms with Crippen molar-refractivity contribution in [2.45, 2.75) is 45.3 Å². The number of guanidine groups is 1. The van der Waals surface area contributed by atoms with Gasteiger partial charge < -0.3 is 24.4 Å². The predicted octanol–water partition coefficient (Wildman–Crippen LogP) is 1.19. The van der Waals surface area contributed by atoms with E-state index in [0.29, 0.717) is 12.1 Å². The van der Waals surface area contributed by atoms with Crippen molar-refractivity contribution < 1.29 is 14.2 Å². The SMILES string of the molecule is CCNC(=NCC(C)N1CCOCC1)N1CCC(OCCCOC)CC1. The van der Waals surface area contributed by atoms with Gasteiger partial charge in [0, 0.05) is 59.1 Å². The Hall–Kier alpha value is -0.890. The van der Waals surface area contributed by atoms with E-state index in [1.54, 1.807) is 7.11 Å². The molecule has 0 radical (unpaired) electrons. The Morgan fingerprint density at radius 2 is 1.92 bits per heavy atom. The van der Waals surface area contributed by atoms with Gasteiger partial charge in [-0.25, -0.2) is 0 Å². The molecule has 7 heteroatoms. The summed E-state index contributed by atoms with van der Waals surface area (Å²) in [6.45, 7) is 13.4. The number of rotatable bonds is 9. The monoisotopic (exact) mass is 370 g/mol. The number of nitrogens with one attached hydrogen (secondary N) is 1. The van der Waals surface area contributed by atoms with E-state index in [-0.39, 0.29) is 0 Å². The minimum absolute atomic E-state index is 0.373. The van der Waals surface area contributed by atoms with E-state index in [4.69, 9.17) is 19.2 Å². The number of hydrogen-bond donors (Lipinski definition) is 1. The minimum atomic E-state index is 0.373. The molecular weight excluding hydrogens is 332 g/mol. The van der Waals surface area contributed by atoms with Crippen LogP contribution in [0.15, 0.2) is 4.99 Å². The molecule has 0 aromatic heterocycles. The molecule has 0 amide bonds. The van der Waals surface area contributed by atoms with Gasteiger partial charge in [-0.3, -0.25) is 9.89 Å². The number of hydrogen-bond acceptors (Lipinski definition) is 5. The van der Waals surface area contributed by atoms with Crippen LogP contribution in [0.3, 0.4) is 0 Å². The Morgan fingerprint density at radius 1 is 1.19 bits per heavy atom. The molecule has 0 aromatic rings. The van der Waals surface area contributed by atoms with Crippen molar-refractivity contribution in [1.82, 2.24) is 15.1 Å². The maximum atomic E-state index is 5.97. The summed E-state index contributed by atoms with van der Waals surface area (Å²) in [4.78, 5) is 9.76. The molecule has 0 bridgehead atoms. The number of nitrogens with zero attached hydrogens (tertiary/aromatic N) is 3. The molecular formula is C19H38N4O3. The third-order valence-electron chi connectivity index (χ3n) is 5.10. The van der Waals surface area contributed by atoms with Crippen molar-refractivity contribution in [3.8, 4) is 0 Å². The summed E-state index contributed by atoms with van der Waals surface area (Å²) >= 11 is 0. The third-order valence-corrected chi connectivity index (χ3v) is 5.10. The first-order valence-electron chi connectivity index (χ1n) is 10.2. The van der Waals surface area contributed by atoms with Crippen LogP contribution in [-0.2, 0) is 14.2 Å². The average Bonchev–Trinajstić information content (AvgIpc) is 2.69. The lowest BCUT2D eigenvalue weighted by Crippen LogP contribution is -2.48. The molecule has 2 fully saturated rings. The van der Waals surface area contributed by atoms with E-state index in [1.807, 2.05) is 0 Å². The molecule has 0 aliphatic carbocycles. The molecule has 152 valence electrons. The molecule has 2 saturated heterocycles. The number of piperidine rings is 1. The van der Waals surface area contributed by atoms with Gasteiger partial charge in [0.2, 0.25) is 0 Å². The molecule has 0 spiro atoms. The fourth-order valence-corrected chi connectivity index (χ4v) is 3.47. The first-order chi connectivity index (χ1) is 12.7. The summed E-state index contributed by atoms with van der Waals surface area (Å²) in [5, 5.41) is 3.46. The van der Waals surface area contributed by atoms with Gasteiger partial charge in [0.1, 0.15) is 0 Å². The van der Waals surface area contributed by atoms with Gasteiger partial charge in [-0.15, -0.1) is 0 Å². The average molecular weight is 371 g/mol. The molecule has 0 aromatic carbocycles. The van der Waals surface area contributed by atoms with Crippen molar-refractivity contribution in [3.63, 3.8) is 0 Å². The Kier molecular flexibility index (Phi) is 10.3. The molecule has 2 heterocycles. The standard InChI is InChI=1S/C19H38N4O3/c1-4-20-19(21-16-17(2)22-10-14-25-15-11-22)23-8-6-18(7-9-23)26-13-5-12-24-3/h17-18H,4-16H2,1-3H3,(H,20,21). The zero-order chi connectivity index (χ0) is 18.6. The van der Waals surface area contributed by atoms with E-state index in [2.05, 4.69) is 29.0 Å². The number of likely N-dealkylation sites (tertiary alicyclic amines) is 1. The Labute approximate surface area is 159 Å².